The molecule has 0 fully saturated rings. The molecule has 2 aromatic carbocycles. The summed E-state index contributed by atoms with van der Waals surface area (Å²) in [4.78, 5) is 4.08. The third-order valence-corrected chi connectivity index (χ3v) is 5.04. The van der Waals surface area contributed by atoms with E-state index in [9.17, 15) is 10.5 Å². The molecule has 1 aliphatic rings. The minimum atomic E-state index is 0.0424. The van der Waals surface area contributed by atoms with Crippen molar-refractivity contribution in [2.75, 3.05) is 38.0 Å². The van der Waals surface area contributed by atoms with Gasteiger partial charge in [-0.2, -0.15) is 10.5 Å². The van der Waals surface area contributed by atoms with Gasteiger partial charge < -0.3 is 14.5 Å². The standard InChI is InChI=1S/C28H26N4O/c1-31(2)25-11-5-21(6-12-25)9-15-27-17-23(24(19-29)20-30)18-28(33-27)16-10-22-7-13-26(14-8-22)32(3)4/h5-18H,1-4H3. The van der Waals surface area contributed by atoms with Gasteiger partial charge in [-0.15, -0.1) is 0 Å². The molecule has 0 radical (unpaired) electrons. The molecule has 5 nitrogen and oxygen atoms in total. The Bertz CT molecular complexity index is 1130. The zero-order chi connectivity index (χ0) is 23.8. The zero-order valence-corrected chi connectivity index (χ0v) is 19.3. The van der Waals surface area contributed by atoms with Crippen molar-refractivity contribution in [1.82, 2.24) is 0 Å². The summed E-state index contributed by atoms with van der Waals surface area (Å²) < 4.78 is 6.00. The molecule has 1 heterocycles. The highest BCUT2D eigenvalue weighted by atomic mass is 16.5. The smallest absolute Gasteiger partial charge is 0.137 e. The molecule has 0 spiro atoms. The van der Waals surface area contributed by atoms with Crippen LogP contribution in [0.4, 0.5) is 11.4 Å². The van der Waals surface area contributed by atoms with Gasteiger partial charge >= 0.3 is 0 Å². The molecule has 1 aliphatic heterocycles. The molecule has 5 heteroatoms. The molecule has 0 amide bonds. The average Bonchev–Trinajstić information content (AvgIpc) is 2.82. The Balaban J connectivity index is 1.84. The van der Waals surface area contributed by atoms with Crippen LogP contribution < -0.4 is 9.80 Å². The van der Waals surface area contributed by atoms with Gasteiger partial charge in [-0.1, -0.05) is 36.4 Å². The lowest BCUT2D eigenvalue weighted by atomic mass is 10.1. The van der Waals surface area contributed by atoms with Gasteiger partial charge in [0.1, 0.15) is 29.2 Å². The third kappa shape index (κ3) is 6.26. The summed E-state index contributed by atoms with van der Waals surface area (Å²) in [7, 11) is 8.00. The van der Waals surface area contributed by atoms with Crippen LogP contribution in [0.1, 0.15) is 11.1 Å². The molecule has 0 aliphatic carbocycles. The molecule has 0 saturated heterocycles. The maximum absolute atomic E-state index is 9.33. The number of nitriles is 2. The van der Waals surface area contributed by atoms with Gasteiger partial charge in [-0.25, -0.2) is 0 Å². The Morgan fingerprint density at radius 3 is 1.39 bits per heavy atom. The SMILES string of the molecule is CN(C)c1ccc(C=CC2=CC(=C(C#N)C#N)C=C(C=Cc3ccc(N(C)C)cc3)O2)cc1. The second kappa shape index (κ2) is 10.7. The summed E-state index contributed by atoms with van der Waals surface area (Å²) in [5, 5.41) is 18.7. The second-order valence-corrected chi connectivity index (χ2v) is 7.89. The van der Waals surface area contributed by atoms with Crippen molar-refractivity contribution in [2.24, 2.45) is 0 Å². The van der Waals surface area contributed by atoms with Crippen LogP contribution in [0.25, 0.3) is 12.2 Å². The molecule has 3 rings (SSSR count). The highest BCUT2D eigenvalue weighted by Crippen LogP contribution is 2.25. The molecule has 0 saturated carbocycles. The lowest BCUT2D eigenvalue weighted by Crippen LogP contribution is -2.07. The molecule has 0 unspecified atom stereocenters. The van der Waals surface area contributed by atoms with Crippen LogP contribution in [0.15, 0.2) is 95.5 Å². The van der Waals surface area contributed by atoms with Gasteiger partial charge in [0.25, 0.3) is 0 Å². The van der Waals surface area contributed by atoms with E-state index >= 15 is 0 Å². The number of rotatable bonds is 6. The summed E-state index contributed by atoms with van der Waals surface area (Å²) in [6.45, 7) is 0. The average molecular weight is 435 g/mol. The minimum Gasteiger partial charge on any atom is -0.457 e. The molecule has 0 atom stereocenters. The maximum atomic E-state index is 9.33. The fourth-order valence-electron chi connectivity index (χ4n) is 3.13. The number of nitrogens with zero attached hydrogens (tertiary/aromatic N) is 4. The summed E-state index contributed by atoms with van der Waals surface area (Å²) in [6, 6.07) is 20.2. The quantitative estimate of drug-likeness (QED) is 0.547. The first kappa shape index (κ1) is 23.2. The van der Waals surface area contributed by atoms with E-state index in [1.54, 1.807) is 12.2 Å². The van der Waals surface area contributed by atoms with Crippen molar-refractivity contribution in [3.05, 3.63) is 107 Å². The van der Waals surface area contributed by atoms with Gasteiger partial charge in [0, 0.05) is 45.1 Å². The normalized spacial score (nSPS) is 13.1. The highest BCUT2D eigenvalue weighted by Gasteiger charge is 2.12. The topological polar surface area (TPSA) is 63.3 Å². The second-order valence-electron chi connectivity index (χ2n) is 7.89. The van der Waals surface area contributed by atoms with Gasteiger partial charge in [-0.05, 0) is 59.7 Å². The number of ether oxygens (including phenoxy) is 1. The van der Waals surface area contributed by atoms with Crippen LogP contribution in [0.5, 0.6) is 0 Å². The molecular formula is C28H26N4O. The number of allylic oxidation sites excluding steroid dienone is 6. The van der Waals surface area contributed by atoms with E-state index in [1.807, 2.05) is 123 Å². The summed E-state index contributed by atoms with van der Waals surface area (Å²) in [6.07, 6.45) is 11.0. The van der Waals surface area contributed by atoms with Crippen LogP contribution >= 0.6 is 0 Å². The lowest BCUT2D eigenvalue weighted by molar-refractivity contribution is 0.332. The predicted molar refractivity (Wildman–Crippen MR) is 135 cm³/mol. The van der Waals surface area contributed by atoms with Gasteiger partial charge in [-0.3, -0.25) is 0 Å². The van der Waals surface area contributed by atoms with Gasteiger partial charge in [0.2, 0.25) is 0 Å². The van der Waals surface area contributed by atoms with Crippen LogP contribution in [0, 0.1) is 22.7 Å². The van der Waals surface area contributed by atoms with E-state index in [-0.39, 0.29) is 5.57 Å². The van der Waals surface area contributed by atoms with Crippen LogP contribution in [-0.2, 0) is 4.74 Å². The number of hydrogen-bond donors (Lipinski definition) is 0. The molecule has 0 N–H and O–H groups in total. The van der Waals surface area contributed by atoms with E-state index in [2.05, 4.69) is 0 Å². The van der Waals surface area contributed by atoms with E-state index in [0.29, 0.717) is 17.1 Å². The van der Waals surface area contributed by atoms with E-state index in [0.717, 1.165) is 22.5 Å². The summed E-state index contributed by atoms with van der Waals surface area (Å²) in [5.41, 5.74) is 4.84. The Hall–Kier alpha value is -4.48. The van der Waals surface area contributed by atoms with Crippen LogP contribution in [-0.4, -0.2) is 28.2 Å². The van der Waals surface area contributed by atoms with Crippen LogP contribution in [0.3, 0.4) is 0 Å². The van der Waals surface area contributed by atoms with Gasteiger partial charge in [0.15, 0.2) is 0 Å². The number of hydrogen-bond acceptors (Lipinski definition) is 5. The number of anilines is 2. The lowest BCUT2D eigenvalue weighted by Gasteiger charge is -2.14. The molecule has 164 valence electrons. The van der Waals surface area contributed by atoms with Crippen molar-refractivity contribution in [1.29, 1.82) is 10.5 Å². The maximum Gasteiger partial charge on any atom is 0.137 e. The Morgan fingerprint density at radius 2 is 1.06 bits per heavy atom. The fourth-order valence-corrected chi connectivity index (χ4v) is 3.13. The fraction of sp³-hybridized carbons (Fsp3) is 0.143. The predicted octanol–water partition coefficient (Wildman–Crippen LogP) is 5.69. The van der Waals surface area contributed by atoms with E-state index in [1.165, 1.54) is 0 Å². The Morgan fingerprint density at radius 1 is 0.667 bits per heavy atom. The van der Waals surface area contributed by atoms with Crippen molar-refractivity contribution < 1.29 is 4.74 Å². The monoisotopic (exact) mass is 434 g/mol. The largest absolute Gasteiger partial charge is 0.457 e. The summed E-state index contributed by atoms with van der Waals surface area (Å²) >= 11 is 0. The molecule has 2 aromatic rings. The van der Waals surface area contributed by atoms with Gasteiger partial charge in [0.05, 0.1) is 0 Å². The Labute approximate surface area is 195 Å². The Kier molecular flexibility index (Phi) is 7.52. The first-order chi connectivity index (χ1) is 15.9. The van der Waals surface area contributed by atoms with Crippen molar-refractivity contribution in [3.63, 3.8) is 0 Å². The first-order valence-corrected chi connectivity index (χ1v) is 10.5. The van der Waals surface area contributed by atoms with Crippen LogP contribution in [0.2, 0.25) is 0 Å². The molecular weight excluding hydrogens is 408 g/mol. The molecule has 0 aromatic heterocycles. The van der Waals surface area contributed by atoms with Crippen molar-refractivity contribution in [3.8, 4) is 12.1 Å². The third-order valence-electron chi connectivity index (χ3n) is 5.04. The minimum absolute atomic E-state index is 0.0424. The van der Waals surface area contributed by atoms with Crippen molar-refractivity contribution in [2.45, 2.75) is 0 Å². The highest BCUT2D eigenvalue weighted by molar-refractivity contribution is 5.62. The van der Waals surface area contributed by atoms with Crippen molar-refractivity contribution >= 4 is 23.5 Å². The molecule has 33 heavy (non-hydrogen) atoms. The first-order valence-electron chi connectivity index (χ1n) is 10.5. The zero-order valence-electron chi connectivity index (χ0n) is 19.3. The molecule has 0 bridgehead atoms. The van der Waals surface area contributed by atoms with E-state index < -0.39 is 0 Å². The van der Waals surface area contributed by atoms with E-state index in [4.69, 9.17) is 4.74 Å². The number of benzene rings is 2. The summed E-state index contributed by atoms with van der Waals surface area (Å²) in [5.74, 6) is 1.10.